The van der Waals surface area contributed by atoms with Gasteiger partial charge in [-0.3, -0.25) is 4.79 Å². The first kappa shape index (κ1) is 22.0. The lowest BCUT2D eigenvalue weighted by atomic mass is 9.83. The number of fused-ring (bicyclic) bond motifs is 1. The van der Waals surface area contributed by atoms with Crippen LogP contribution in [-0.4, -0.2) is 36.1 Å². The zero-order valence-electron chi connectivity index (χ0n) is 18.4. The van der Waals surface area contributed by atoms with Crippen LogP contribution in [0.2, 0.25) is 5.02 Å². The van der Waals surface area contributed by atoms with Crippen molar-refractivity contribution in [1.29, 1.82) is 0 Å². The number of nitrogens with zero attached hydrogens (tertiary/aromatic N) is 1. The molecule has 1 saturated carbocycles. The fourth-order valence-corrected chi connectivity index (χ4v) is 4.98. The van der Waals surface area contributed by atoms with Crippen LogP contribution < -0.4 is 15.2 Å². The number of hydrogen-bond donors (Lipinski definition) is 1. The highest BCUT2D eigenvalue weighted by Gasteiger charge is 2.39. The van der Waals surface area contributed by atoms with E-state index in [0.29, 0.717) is 22.9 Å². The Morgan fingerprint density at radius 1 is 1.06 bits per heavy atom. The second-order valence-electron chi connectivity index (χ2n) is 8.87. The van der Waals surface area contributed by atoms with Crippen LogP contribution in [0.5, 0.6) is 11.5 Å². The molecule has 1 fully saturated rings. The number of halogens is 1. The van der Waals surface area contributed by atoms with Crippen molar-refractivity contribution in [3.63, 3.8) is 0 Å². The van der Waals surface area contributed by atoms with E-state index in [1.807, 2.05) is 44.2 Å². The van der Waals surface area contributed by atoms with Crippen LogP contribution in [0.4, 0.5) is 0 Å². The van der Waals surface area contributed by atoms with E-state index in [2.05, 4.69) is 11.0 Å². The van der Waals surface area contributed by atoms with Gasteiger partial charge < -0.3 is 20.1 Å². The van der Waals surface area contributed by atoms with Crippen LogP contribution in [-0.2, 0) is 11.2 Å². The Labute approximate surface area is 189 Å². The lowest BCUT2D eigenvalue weighted by Crippen LogP contribution is -2.49. The molecule has 0 saturated heterocycles. The maximum atomic E-state index is 13.4. The van der Waals surface area contributed by atoms with E-state index < -0.39 is 0 Å². The normalized spacial score (nSPS) is 23.6. The molecule has 0 radical (unpaired) electrons. The van der Waals surface area contributed by atoms with Gasteiger partial charge in [-0.25, -0.2) is 0 Å². The Balaban J connectivity index is 1.83. The molecule has 1 amide bonds. The molecule has 166 valence electrons. The Kier molecular flexibility index (Phi) is 6.44. The number of ether oxygens (including phenoxy) is 2. The molecule has 6 heteroatoms. The molecule has 4 rings (SSSR count). The van der Waals surface area contributed by atoms with Crippen molar-refractivity contribution >= 4 is 17.5 Å². The van der Waals surface area contributed by atoms with Crippen molar-refractivity contribution in [3.8, 4) is 11.5 Å². The highest BCUT2D eigenvalue weighted by molar-refractivity contribution is 6.30. The third kappa shape index (κ3) is 4.53. The Morgan fingerprint density at radius 2 is 1.74 bits per heavy atom. The monoisotopic (exact) mass is 442 g/mol. The molecule has 1 heterocycles. The largest absolute Gasteiger partial charge is 0.493 e. The van der Waals surface area contributed by atoms with E-state index in [1.165, 1.54) is 0 Å². The average Bonchev–Trinajstić information content (AvgIpc) is 2.74. The van der Waals surface area contributed by atoms with Gasteiger partial charge in [-0.2, -0.15) is 0 Å². The molecule has 1 aliphatic carbocycles. The summed E-state index contributed by atoms with van der Waals surface area (Å²) in [6.07, 6.45) is 4.12. The molecule has 2 N–H and O–H groups in total. The van der Waals surface area contributed by atoms with E-state index in [1.54, 1.807) is 7.11 Å². The van der Waals surface area contributed by atoms with Gasteiger partial charge in [0, 0.05) is 17.1 Å². The van der Waals surface area contributed by atoms with Gasteiger partial charge in [0.05, 0.1) is 25.7 Å². The minimum Gasteiger partial charge on any atom is -0.493 e. The van der Waals surface area contributed by atoms with Crippen LogP contribution in [0.1, 0.15) is 62.3 Å². The molecule has 1 aliphatic heterocycles. The molecular formula is C25H31ClN2O3. The second kappa shape index (κ2) is 9.09. The van der Waals surface area contributed by atoms with E-state index >= 15 is 0 Å². The van der Waals surface area contributed by atoms with Crippen LogP contribution in [0, 0.1) is 0 Å². The molecular weight excluding hydrogens is 412 g/mol. The summed E-state index contributed by atoms with van der Waals surface area (Å²) in [6, 6.07) is 12.1. The number of rotatable bonds is 5. The molecule has 0 aromatic heterocycles. The number of amides is 1. The smallest absolute Gasteiger partial charge is 0.228 e. The molecule has 2 aromatic carbocycles. The van der Waals surface area contributed by atoms with E-state index in [9.17, 15) is 4.79 Å². The summed E-state index contributed by atoms with van der Waals surface area (Å²) in [5.74, 6) is 1.51. The molecule has 5 nitrogen and oxygen atoms in total. The molecule has 1 unspecified atom stereocenters. The SMILES string of the molecule is COc1cc2c(cc1OC(C)C)C(c1ccc(Cl)cc1)N([C@H]1CC[C@H](N)CC1)C(=O)C2. The first-order valence-electron chi connectivity index (χ1n) is 11.1. The summed E-state index contributed by atoms with van der Waals surface area (Å²) in [4.78, 5) is 15.5. The summed E-state index contributed by atoms with van der Waals surface area (Å²) in [5.41, 5.74) is 9.28. The van der Waals surface area contributed by atoms with Gasteiger partial charge in [-0.1, -0.05) is 23.7 Å². The quantitative estimate of drug-likeness (QED) is 0.716. The highest BCUT2D eigenvalue weighted by atomic mass is 35.5. The number of hydrogen-bond acceptors (Lipinski definition) is 4. The Bertz CT molecular complexity index is 937. The summed E-state index contributed by atoms with van der Waals surface area (Å²) in [5, 5.41) is 0.680. The zero-order chi connectivity index (χ0) is 22.1. The Hall–Kier alpha value is -2.24. The average molecular weight is 443 g/mol. The topological polar surface area (TPSA) is 64.8 Å². The molecule has 31 heavy (non-hydrogen) atoms. The second-order valence-corrected chi connectivity index (χ2v) is 9.31. The summed E-state index contributed by atoms with van der Waals surface area (Å²) >= 11 is 6.17. The van der Waals surface area contributed by atoms with Gasteiger partial charge in [0.25, 0.3) is 0 Å². The third-order valence-electron chi connectivity index (χ3n) is 6.31. The van der Waals surface area contributed by atoms with Gasteiger partial charge in [0.2, 0.25) is 5.91 Å². The molecule has 1 atom stereocenters. The van der Waals surface area contributed by atoms with E-state index in [4.69, 9.17) is 26.8 Å². The van der Waals surface area contributed by atoms with Crippen LogP contribution in [0.15, 0.2) is 36.4 Å². The van der Waals surface area contributed by atoms with Gasteiger partial charge in [0.15, 0.2) is 11.5 Å². The third-order valence-corrected chi connectivity index (χ3v) is 6.56. The number of nitrogens with two attached hydrogens (primary N) is 1. The van der Waals surface area contributed by atoms with Crippen molar-refractivity contribution in [2.24, 2.45) is 5.73 Å². The number of methoxy groups -OCH3 is 1. The standard InChI is InChI=1S/C25H31ClN2O3/c1-15(2)31-23-14-21-17(12-22(23)30-3)13-24(29)28(20-10-8-19(27)9-11-20)25(21)16-4-6-18(26)7-5-16/h4-7,12,14-15,19-20,25H,8-11,13,27H2,1-3H3/t19-,20-,25?. The van der Waals surface area contributed by atoms with Gasteiger partial charge in [-0.05, 0) is 80.5 Å². The fraction of sp³-hybridized carbons (Fsp3) is 0.480. The number of carbonyl (C=O) groups is 1. The Morgan fingerprint density at radius 3 is 2.35 bits per heavy atom. The maximum absolute atomic E-state index is 13.4. The van der Waals surface area contributed by atoms with Crippen molar-refractivity contribution in [3.05, 3.63) is 58.1 Å². The van der Waals surface area contributed by atoms with Gasteiger partial charge in [0.1, 0.15) is 0 Å². The van der Waals surface area contributed by atoms with Crippen LogP contribution >= 0.6 is 11.6 Å². The zero-order valence-corrected chi connectivity index (χ0v) is 19.2. The van der Waals surface area contributed by atoms with Crippen LogP contribution in [0.25, 0.3) is 0 Å². The minimum atomic E-state index is -0.187. The molecule has 2 aromatic rings. The van der Waals surface area contributed by atoms with Crippen molar-refractivity contribution in [2.45, 2.75) is 70.2 Å². The molecule has 0 spiro atoms. The molecule has 0 bridgehead atoms. The molecule has 2 aliphatic rings. The fourth-order valence-electron chi connectivity index (χ4n) is 4.86. The number of carbonyl (C=O) groups excluding carboxylic acids is 1. The van der Waals surface area contributed by atoms with Crippen LogP contribution in [0.3, 0.4) is 0 Å². The van der Waals surface area contributed by atoms with Gasteiger partial charge >= 0.3 is 0 Å². The highest BCUT2D eigenvalue weighted by Crippen LogP contribution is 2.44. The van der Waals surface area contributed by atoms with Gasteiger partial charge in [-0.15, -0.1) is 0 Å². The van der Waals surface area contributed by atoms with E-state index in [-0.39, 0.29) is 30.1 Å². The van der Waals surface area contributed by atoms with Crippen molar-refractivity contribution in [1.82, 2.24) is 4.90 Å². The van der Waals surface area contributed by atoms with Crippen molar-refractivity contribution in [2.75, 3.05) is 7.11 Å². The van der Waals surface area contributed by atoms with E-state index in [0.717, 1.165) is 42.4 Å². The summed E-state index contributed by atoms with van der Waals surface area (Å²) in [6.45, 7) is 3.99. The lowest BCUT2D eigenvalue weighted by molar-refractivity contribution is -0.136. The number of benzene rings is 2. The summed E-state index contributed by atoms with van der Waals surface area (Å²) < 4.78 is 11.6. The minimum absolute atomic E-state index is 0.0158. The predicted octanol–water partition coefficient (Wildman–Crippen LogP) is 4.88. The maximum Gasteiger partial charge on any atom is 0.228 e. The summed E-state index contributed by atoms with van der Waals surface area (Å²) in [7, 11) is 1.63. The predicted molar refractivity (Wildman–Crippen MR) is 123 cm³/mol. The van der Waals surface area contributed by atoms with Crippen molar-refractivity contribution < 1.29 is 14.3 Å². The first-order valence-corrected chi connectivity index (χ1v) is 11.4. The first-order chi connectivity index (χ1) is 14.9. The lowest BCUT2D eigenvalue weighted by Gasteiger charge is -2.45.